The minimum Gasteiger partial charge on any atom is -0.279 e. The van der Waals surface area contributed by atoms with Gasteiger partial charge >= 0.3 is 0 Å². The van der Waals surface area contributed by atoms with Crippen LogP contribution in [0.15, 0.2) is 230 Å². The van der Waals surface area contributed by atoms with E-state index in [-0.39, 0.29) is 0 Å². The van der Waals surface area contributed by atoms with Gasteiger partial charge in [0, 0.05) is 34.1 Å². The molecule has 0 saturated carbocycles. The van der Waals surface area contributed by atoms with Gasteiger partial charge in [-0.25, -0.2) is 4.90 Å². The Hall–Kier alpha value is -8.24. The largest absolute Gasteiger partial charge is 0.279 e. The molecular formula is C52H42N10. The highest BCUT2D eigenvalue weighted by Gasteiger charge is 2.39. The van der Waals surface area contributed by atoms with Gasteiger partial charge in [-0.1, -0.05) is 141 Å². The van der Waals surface area contributed by atoms with E-state index < -0.39 is 0 Å². The van der Waals surface area contributed by atoms with Crippen molar-refractivity contribution in [2.45, 2.75) is 26.2 Å². The molecule has 0 spiro atoms. The predicted molar refractivity (Wildman–Crippen MR) is 256 cm³/mol. The molecule has 0 N–H and O–H groups in total. The van der Waals surface area contributed by atoms with Crippen molar-refractivity contribution in [1.82, 2.24) is 4.90 Å². The van der Waals surface area contributed by atoms with E-state index in [4.69, 9.17) is 30.0 Å². The molecule has 1 atom stereocenters. The van der Waals surface area contributed by atoms with Crippen molar-refractivity contribution >= 4 is 69.9 Å². The molecule has 7 aromatic rings. The van der Waals surface area contributed by atoms with Crippen molar-refractivity contribution in [3.8, 4) is 11.1 Å². The first kappa shape index (κ1) is 38.0. The summed E-state index contributed by atoms with van der Waals surface area (Å²) in [5.74, 6) is 2.67. The van der Waals surface area contributed by atoms with Gasteiger partial charge in [-0.15, -0.1) is 0 Å². The summed E-state index contributed by atoms with van der Waals surface area (Å²) in [5.41, 5.74) is 8.88. The molecule has 3 aliphatic heterocycles. The Morgan fingerprint density at radius 3 is 0.919 bits per heavy atom. The van der Waals surface area contributed by atoms with Gasteiger partial charge in [0.15, 0.2) is 0 Å². The topological polar surface area (TPSA) is 87.1 Å². The fourth-order valence-corrected chi connectivity index (χ4v) is 7.62. The van der Waals surface area contributed by atoms with Gasteiger partial charge < -0.3 is 0 Å². The van der Waals surface area contributed by atoms with Crippen LogP contribution in [0.4, 0.5) is 34.1 Å². The molecule has 0 amide bonds. The third-order valence-corrected chi connectivity index (χ3v) is 11.0. The Bertz CT molecular complexity index is 2710. The molecule has 10 rings (SSSR count). The number of benzene rings is 7. The fraction of sp³-hybridized carbons (Fsp3) is 0.0769. The fourth-order valence-electron chi connectivity index (χ4n) is 7.62. The van der Waals surface area contributed by atoms with Crippen LogP contribution in [0.2, 0.25) is 0 Å². The highest BCUT2D eigenvalue weighted by molar-refractivity contribution is 6.34. The van der Waals surface area contributed by atoms with Crippen molar-refractivity contribution in [1.29, 1.82) is 0 Å². The van der Waals surface area contributed by atoms with Gasteiger partial charge in [-0.2, -0.15) is 30.0 Å². The molecule has 7 aromatic carbocycles. The van der Waals surface area contributed by atoms with Crippen molar-refractivity contribution in [2.24, 2.45) is 30.0 Å². The van der Waals surface area contributed by atoms with Gasteiger partial charge in [0.05, 0.1) is 0 Å². The van der Waals surface area contributed by atoms with Gasteiger partial charge in [0.25, 0.3) is 0 Å². The third-order valence-electron chi connectivity index (χ3n) is 11.0. The minimum absolute atomic E-state index is 0.332. The summed E-state index contributed by atoms with van der Waals surface area (Å²) in [6, 6.07) is 67.8. The van der Waals surface area contributed by atoms with Crippen LogP contribution in [0, 0.1) is 0 Å². The second-order valence-electron chi connectivity index (χ2n) is 15.0. The maximum Gasteiger partial charge on any atom is 0.246 e. The quantitative estimate of drug-likeness (QED) is 0.145. The van der Waals surface area contributed by atoms with Crippen molar-refractivity contribution in [3.05, 3.63) is 206 Å². The summed E-state index contributed by atoms with van der Waals surface area (Å²) in [6.07, 6.45) is 1.10. The van der Waals surface area contributed by atoms with E-state index in [1.165, 1.54) is 5.56 Å². The lowest BCUT2D eigenvalue weighted by Gasteiger charge is -2.36. The zero-order valence-corrected chi connectivity index (χ0v) is 34.3. The second-order valence-corrected chi connectivity index (χ2v) is 15.0. The van der Waals surface area contributed by atoms with Crippen LogP contribution in [0.3, 0.4) is 0 Å². The second kappa shape index (κ2) is 16.8. The Morgan fingerprint density at radius 2 is 0.629 bits per heavy atom. The van der Waals surface area contributed by atoms with E-state index in [2.05, 4.69) is 62.4 Å². The number of para-hydroxylation sites is 5. The number of rotatable bonds is 9. The molecule has 10 nitrogen and oxygen atoms in total. The molecule has 0 aromatic heterocycles. The zero-order chi connectivity index (χ0) is 41.8. The molecule has 3 aliphatic rings. The van der Waals surface area contributed by atoms with E-state index >= 15 is 0 Å². The van der Waals surface area contributed by atoms with E-state index in [0.29, 0.717) is 41.7 Å². The molecule has 1 unspecified atom stereocenters. The molecule has 0 radical (unpaired) electrons. The average molecular weight is 807 g/mol. The molecule has 300 valence electrons. The Balaban J connectivity index is 1.15. The Morgan fingerprint density at radius 1 is 0.355 bits per heavy atom. The standard InChI is InChI=1S/C52H42N10/c1-3-37(2)38-29-31-39(32-30-38)40-33-35-46(36-34-40)61(45-27-17-8-18-28-45)49-57-51-55-47(59(41-19-9-4-10-20-41)42-21-11-5-12-22-42)53-50-54-48(56-52(58-49)62(50)51)60(43-23-13-6-14-24-43)44-25-15-7-16-26-44/h4-37H,3H2,1-2H3. The van der Waals surface area contributed by atoms with Crippen molar-refractivity contribution < 1.29 is 0 Å². The molecule has 62 heavy (non-hydrogen) atoms. The summed E-state index contributed by atoms with van der Waals surface area (Å²) >= 11 is 0. The molecular weight excluding hydrogens is 765 g/mol. The lowest BCUT2D eigenvalue weighted by Crippen LogP contribution is -2.51. The third kappa shape index (κ3) is 7.45. The first-order valence-corrected chi connectivity index (χ1v) is 20.8. The summed E-state index contributed by atoms with van der Waals surface area (Å²) in [5, 5.41) is 0. The lowest BCUT2D eigenvalue weighted by atomic mass is 9.96. The predicted octanol–water partition coefficient (Wildman–Crippen LogP) is 12.2. The van der Waals surface area contributed by atoms with Gasteiger partial charge in [0.1, 0.15) is 0 Å². The SMILES string of the molecule is CCC(C)c1ccc(-c2ccc(N(C3=NC4=NC(N(c5ccccc5)c5ccccc5)=NC5=NC(N(c6ccccc6)c6ccccc6)=NC(=N3)N54)c3ccccc3)cc2)cc1. The van der Waals surface area contributed by atoms with Crippen LogP contribution in [-0.2, 0) is 0 Å². The number of hydrogen-bond acceptors (Lipinski definition) is 10. The summed E-state index contributed by atoms with van der Waals surface area (Å²) in [4.78, 5) is 38.9. The molecule has 0 saturated heterocycles. The lowest BCUT2D eigenvalue weighted by molar-refractivity contribution is 0.734. The van der Waals surface area contributed by atoms with Crippen LogP contribution in [0.25, 0.3) is 11.1 Å². The number of hydrogen-bond donors (Lipinski definition) is 0. The van der Waals surface area contributed by atoms with E-state index in [1.807, 2.05) is 166 Å². The molecule has 0 aliphatic carbocycles. The molecule has 0 bridgehead atoms. The van der Waals surface area contributed by atoms with Crippen LogP contribution in [0.1, 0.15) is 31.7 Å². The van der Waals surface area contributed by atoms with Crippen LogP contribution < -0.4 is 14.7 Å². The summed E-state index contributed by atoms with van der Waals surface area (Å²) < 4.78 is 0. The van der Waals surface area contributed by atoms with E-state index in [9.17, 15) is 0 Å². The van der Waals surface area contributed by atoms with Gasteiger partial charge in [-0.3, -0.25) is 14.7 Å². The number of nitrogens with zero attached hydrogens (tertiary/aromatic N) is 10. The normalized spacial score (nSPS) is 14.5. The van der Waals surface area contributed by atoms with E-state index in [0.717, 1.165) is 51.7 Å². The van der Waals surface area contributed by atoms with Gasteiger partial charge in [-0.05, 0) is 102 Å². The maximum atomic E-state index is 5.22. The molecule has 0 fully saturated rings. The first-order valence-electron chi connectivity index (χ1n) is 20.8. The highest BCUT2D eigenvalue weighted by atomic mass is 15.6. The summed E-state index contributed by atoms with van der Waals surface area (Å²) in [6.45, 7) is 4.49. The Kier molecular flexibility index (Phi) is 10.3. The van der Waals surface area contributed by atoms with Crippen LogP contribution >= 0.6 is 0 Å². The number of aliphatic imine (C=N–C) groups is 6. The smallest absolute Gasteiger partial charge is 0.246 e. The van der Waals surface area contributed by atoms with Crippen molar-refractivity contribution in [2.75, 3.05) is 14.7 Å². The van der Waals surface area contributed by atoms with Gasteiger partial charge in [0.2, 0.25) is 35.8 Å². The molecule has 10 heteroatoms. The van der Waals surface area contributed by atoms with Crippen LogP contribution in [0.5, 0.6) is 0 Å². The zero-order valence-electron chi connectivity index (χ0n) is 34.3. The average Bonchev–Trinajstić information content (AvgIpc) is 3.33. The first-order chi connectivity index (χ1) is 30.6. The Labute approximate surface area is 361 Å². The highest BCUT2D eigenvalue weighted by Crippen LogP contribution is 2.35. The van der Waals surface area contributed by atoms with Crippen molar-refractivity contribution in [3.63, 3.8) is 0 Å². The number of guanidine groups is 6. The monoisotopic (exact) mass is 806 g/mol. The summed E-state index contributed by atoms with van der Waals surface area (Å²) in [7, 11) is 0. The van der Waals surface area contributed by atoms with E-state index in [1.54, 1.807) is 4.90 Å². The minimum atomic E-state index is 0.332. The maximum absolute atomic E-state index is 5.22. The number of anilines is 6. The van der Waals surface area contributed by atoms with Crippen LogP contribution in [-0.4, -0.2) is 40.7 Å². The molecule has 3 heterocycles.